The van der Waals surface area contributed by atoms with Gasteiger partial charge in [-0.1, -0.05) is 0 Å². The second kappa shape index (κ2) is 9.71. The van der Waals surface area contributed by atoms with E-state index >= 15 is 0 Å². The Bertz CT molecular complexity index is 1070. The summed E-state index contributed by atoms with van der Waals surface area (Å²) in [5.74, 6) is -10.7. The van der Waals surface area contributed by atoms with Crippen molar-refractivity contribution in [2.75, 3.05) is 24.3 Å². The monoisotopic (exact) mass is 483 g/mol. The highest BCUT2D eigenvalue weighted by molar-refractivity contribution is 5.95. The van der Waals surface area contributed by atoms with Gasteiger partial charge in [0.1, 0.15) is 11.4 Å². The lowest BCUT2D eigenvalue weighted by Gasteiger charge is -2.30. The molecular weight excluding hydrogens is 457 g/mol. The topological polar surface area (TPSA) is 70.2 Å². The predicted octanol–water partition coefficient (Wildman–Crippen LogP) is 4.27. The van der Waals surface area contributed by atoms with Crippen LogP contribution < -0.4 is 15.5 Å². The third-order valence-corrected chi connectivity index (χ3v) is 6.42. The minimum absolute atomic E-state index is 0.0268. The number of amides is 1. The van der Waals surface area contributed by atoms with Crippen LogP contribution in [0.25, 0.3) is 0 Å². The van der Waals surface area contributed by atoms with Crippen LogP contribution in [-0.2, 0) is 12.8 Å². The molecule has 0 saturated heterocycles. The summed E-state index contributed by atoms with van der Waals surface area (Å²) in [5, 5.41) is 5.75. The van der Waals surface area contributed by atoms with Gasteiger partial charge >= 0.3 is 0 Å². The maximum Gasteiger partial charge on any atom is 0.257 e. The molecule has 11 heteroatoms. The van der Waals surface area contributed by atoms with E-state index in [9.17, 15) is 26.7 Å². The third-order valence-electron chi connectivity index (χ3n) is 6.42. The molecule has 2 aliphatic rings. The molecule has 0 bridgehead atoms. The van der Waals surface area contributed by atoms with Gasteiger partial charge in [-0.25, -0.2) is 26.9 Å². The Balaban J connectivity index is 1.39. The first kappa shape index (κ1) is 24.2. The predicted molar refractivity (Wildman–Crippen MR) is 116 cm³/mol. The van der Waals surface area contributed by atoms with E-state index in [1.807, 2.05) is 19.0 Å². The molecule has 1 amide bonds. The van der Waals surface area contributed by atoms with Crippen LogP contribution in [0, 0.1) is 29.1 Å². The van der Waals surface area contributed by atoms with Crippen molar-refractivity contribution in [1.29, 1.82) is 0 Å². The lowest BCUT2D eigenvalue weighted by Crippen LogP contribution is -2.41. The average molecular weight is 483 g/mol. The zero-order valence-electron chi connectivity index (χ0n) is 19.0. The average Bonchev–Trinajstić information content (AvgIpc) is 2.82. The Labute approximate surface area is 194 Å². The van der Waals surface area contributed by atoms with Crippen LogP contribution in [0.5, 0.6) is 0 Å². The summed E-state index contributed by atoms with van der Waals surface area (Å²) >= 11 is 0. The molecule has 1 aromatic carbocycles. The van der Waals surface area contributed by atoms with Gasteiger partial charge in [0.15, 0.2) is 23.3 Å². The smallest absolute Gasteiger partial charge is 0.257 e. The molecule has 184 valence electrons. The summed E-state index contributed by atoms with van der Waals surface area (Å²) in [6.07, 6.45) is 6.21. The van der Waals surface area contributed by atoms with E-state index in [2.05, 4.69) is 15.6 Å². The highest BCUT2D eigenvalue weighted by atomic mass is 19.2. The first-order valence-electron chi connectivity index (χ1n) is 11.3. The number of carbonyl (C=O) groups excluding carboxylic acids is 1. The van der Waals surface area contributed by atoms with Gasteiger partial charge in [0.25, 0.3) is 5.91 Å². The van der Waals surface area contributed by atoms with Gasteiger partial charge in [-0.15, -0.1) is 0 Å². The first-order valence-corrected chi connectivity index (χ1v) is 11.3. The van der Waals surface area contributed by atoms with Crippen molar-refractivity contribution < 1.29 is 26.7 Å². The number of fused-ring (bicyclic) bond motifs is 1. The minimum atomic E-state index is -2.29. The maximum absolute atomic E-state index is 13.9. The van der Waals surface area contributed by atoms with Gasteiger partial charge in [-0.05, 0) is 51.4 Å². The molecule has 1 aromatic heterocycles. The van der Waals surface area contributed by atoms with Crippen molar-refractivity contribution in [3.05, 3.63) is 45.9 Å². The number of hydrogen-bond acceptors (Lipinski definition) is 5. The number of anilines is 2. The van der Waals surface area contributed by atoms with E-state index in [-0.39, 0.29) is 6.04 Å². The van der Waals surface area contributed by atoms with Crippen LogP contribution in [0.2, 0.25) is 0 Å². The van der Waals surface area contributed by atoms with E-state index in [1.54, 1.807) is 0 Å². The van der Waals surface area contributed by atoms with E-state index in [4.69, 9.17) is 4.98 Å². The second-order valence-corrected chi connectivity index (χ2v) is 9.01. The Morgan fingerprint density at radius 2 is 1.38 bits per heavy atom. The van der Waals surface area contributed by atoms with Gasteiger partial charge in [0.05, 0.1) is 5.69 Å². The van der Waals surface area contributed by atoms with Crippen LogP contribution >= 0.6 is 0 Å². The van der Waals surface area contributed by atoms with Crippen LogP contribution in [-0.4, -0.2) is 42.1 Å². The fourth-order valence-electron chi connectivity index (χ4n) is 4.64. The van der Waals surface area contributed by atoms with Crippen molar-refractivity contribution in [2.45, 2.75) is 63.5 Å². The van der Waals surface area contributed by atoms with Crippen LogP contribution in [0.15, 0.2) is 0 Å². The Hall–Kier alpha value is -2.98. The van der Waals surface area contributed by atoms with Gasteiger partial charge in [0.2, 0.25) is 11.8 Å². The van der Waals surface area contributed by atoms with Gasteiger partial charge in [0, 0.05) is 31.7 Å². The van der Waals surface area contributed by atoms with Crippen LogP contribution in [0.4, 0.5) is 33.7 Å². The normalized spacial score (nSPS) is 20.0. The molecule has 2 aliphatic carbocycles. The molecule has 1 saturated carbocycles. The number of hydrogen-bond donors (Lipinski definition) is 2. The number of aromatic nitrogens is 2. The van der Waals surface area contributed by atoms with Crippen molar-refractivity contribution in [3.63, 3.8) is 0 Å². The summed E-state index contributed by atoms with van der Waals surface area (Å²) < 4.78 is 67.9. The molecule has 4 rings (SSSR count). The Morgan fingerprint density at radius 3 is 2.00 bits per heavy atom. The summed E-state index contributed by atoms with van der Waals surface area (Å²) in [7, 11) is 3.89. The molecule has 1 heterocycles. The number of benzene rings is 1. The zero-order chi connectivity index (χ0) is 24.6. The lowest BCUT2D eigenvalue weighted by molar-refractivity contribution is 0.0914. The van der Waals surface area contributed by atoms with Crippen molar-refractivity contribution in [1.82, 2.24) is 15.3 Å². The number of halogens is 5. The molecule has 2 aromatic rings. The van der Waals surface area contributed by atoms with E-state index in [1.165, 1.54) is 5.56 Å². The van der Waals surface area contributed by atoms with Gasteiger partial charge < -0.3 is 15.5 Å². The summed E-state index contributed by atoms with van der Waals surface area (Å²) in [5.41, 5.74) is 0.771. The molecule has 0 spiro atoms. The Morgan fingerprint density at radius 1 is 0.824 bits per heavy atom. The van der Waals surface area contributed by atoms with Gasteiger partial charge in [-0.3, -0.25) is 4.79 Å². The standard InChI is InChI=1S/C23H26F5N5O/c1-33(2)21-13-5-3-4-6-14(13)31-23(32-21)30-12-9-7-11(8-10-12)29-22(34)15-16(24)18(26)20(28)19(27)17(15)25/h11-12H,3-10H2,1-2H3,(H,29,34)(H,30,31,32). The molecule has 2 N–H and O–H groups in total. The molecular formula is C23H26F5N5O. The molecule has 0 aliphatic heterocycles. The van der Waals surface area contributed by atoms with Crippen molar-refractivity contribution in [3.8, 4) is 0 Å². The van der Waals surface area contributed by atoms with Crippen molar-refractivity contribution in [2.24, 2.45) is 0 Å². The maximum atomic E-state index is 13.9. The van der Waals surface area contributed by atoms with E-state index in [0.717, 1.165) is 37.2 Å². The van der Waals surface area contributed by atoms with Crippen LogP contribution in [0.1, 0.15) is 60.1 Å². The van der Waals surface area contributed by atoms with Crippen LogP contribution in [0.3, 0.4) is 0 Å². The molecule has 0 radical (unpaired) electrons. The molecule has 6 nitrogen and oxygen atoms in total. The summed E-state index contributed by atoms with van der Waals surface area (Å²) in [4.78, 5) is 23.6. The lowest BCUT2D eigenvalue weighted by atomic mass is 9.91. The third kappa shape index (κ3) is 4.65. The molecule has 1 fully saturated rings. The molecule has 0 unspecified atom stereocenters. The minimum Gasteiger partial charge on any atom is -0.362 e. The number of nitrogens with one attached hydrogen (secondary N) is 2. The fraction of sp³-hybridized carbons (Fsp3) is 0.522. The SMILES string of the molecule is CN(C)c1nc(NC2CCC(NC(=O)c3c(F)c(F)c(F)c(F)c3F)CC2)nc2c1CCCC2. The number of nitrogens with zero attached hydrogens (tertiary/aromatic N) is 3. The number of carbonyl (C=O) groups is 1. The first-order chi connectivity index (χ1) is 16.2. The summed E-state index contributed by atoms with van der Waals surface area (Å²) in [6, 6.07) is -0.429. The molecule has 34 heavy (non-hydrogen) atoms. The quantitative estimate of drug-likeness (QED) is 0.378. The number of aryl methyl sites for hydroxylation is 1. The fourth-order valence-corrected chi connectivity index (χ4v) is 4.64. The van der Waals surface area contributed by atoms with E-state index in [0.29, 0.717) is 31.6 Å². The number of rotatable bonds is 5. The van der Waals surface area contributed by atoms with E-state index < -0.39 is 46.6 Å². The highest BCUT2D eigenvalue weighted by Gasteiger charge is 2.32. The zero-order valence-corrected chi connectivity index (χ0v) is 19.0. The highest BCUT2D eigenvalue weighted by Crippen LogP contribution is 2.30. The van der Waals surface area contributed by atoms with Crippen molar-refractivity contribution >= 4 is 17.7 Å². The summed E-state index contributed by atoms with van der Waals surface area (Å²) in [6.45, 7) is 0. The molecule has 0 atom stereocenters. The Kier molecular flexibility index (Phi) is 6.90. The second-order valence-electron chi connectivity index (χ2n) is 9.01. The van der Waals surface area contributed by atoms with Gasteiger partial charge in [-0.2, -0.15) is 4.98 Å². The largest absolute Gasteiger partial charge is 0.362 e.